The highest BCUT2D eigenvalue weighted by atomic mass is 31.2. The van der Waals surface area contributed by atoms with Crippen molar-refractivity contribution in [3.63, 3.8) is 0 Å². The van der Waals surface area contributed by atoms with E-state index in [2.05, 4.69) is 117 Å². The topological polar surface area (TPSA) is 134 Å². The van der Waals surface area contributed by atoms with Crippen molar-refractivity contribution in [1.29, 1.82) is 0 Å². The maximum Gasteiger partial charge on any atom is 0.472 e. The number of phosphoric acid groups is 1. The number of carbonyl (C=O) groups excluding carboxylic acids is 2. The lowest BCUT2D eigenvalue weighted by atomic mass is 10.0. The summed E-state index contributed by atoms with van der Waals surface area (Å²) in [6.45, 7) is 3.44. The lowest BCUT2D eigenvalue weighted by molar-refractivity contribution is -0.161. The maximum atomic E-state index is 12.6. The Morgan fingerprint density at radius 3 is 1.19 bits per heavy atom. The van der Waals surface area contributed by atoms with E-state index in [0.29, 0.717) is 12.8 Å². The molecule has 0 heterocycles. The summed E-state index contributed by atoms with van der Waals surface area (Å²) in [6, 6.07) is 0. The fourth-order valence-corrected chi connectivity index (χ4v) is 7.60. The second kappa shape index (κ2) is 52.0. The normalized spacial score (nSPS) is 14.0. The monoisotopic (exact) mass is 954 g/mol. The van der Waals surface area contributed by atoms with Crippen LogP contribution in [0, 0.1) is 0 Å². The number of esters is 2. The van der Waals surface area contributed by atoms with Crippen LogP contribution in [0.4, 0.5) is 0 Å². The standard InChI is InChI=1S/C57H96NO8P/c1-3-5-7-9-11-13-15-17-19-21-22-23-24-25-26-27-28-29-30-31-32-34-35-37-39-41-43-45-47-49-56(59)63-53-55(54-65-67(61,62)64-52-51-58)66-57(60)50-48-46-44-42-40-38-36-33-20-18-16-14-12-10-8-6-4-2/h5-8,11-14,17-20,22-23,36,38,42,44,55H,3-4,9-10,15-16,21,24-35,37,39-41,43,45-54,58H2,1-2H3,(H,61,62)/b7-5-,8-6-,13-11-,14-12-,19-17-,20-18-,23-22-,38-36-,44-42-. The molecular weight excluding hydrogens is 858 g/mol. The molecule has 2 atom stereocenters. The molecule has 67 heavy (non-hydrogen) atoms. The SMILES string of the molecule is CC/C=C\C/C=C\C/C=C\C/C=C\C/C=C\CCCC(=O)OC(COC(=O)CCCCCCCCCCCCCCCCCC/C=C\C/C=C\C/C=C\C/C=C\CC)COP(=O)(O)OCCN. The van der Waals surface area contributed by atoms with E-state index in [1.54, 1.807) is 0 Å². The van der Waals surface area contributed by atoms with Crippen molar-refractivity contribution in [3.8, 4) is 0 Å². The molecule has 3 N–H and O–H groups in total. The van der Waals surface area contributed by atoms with Crippen molar-refractivity contribution in [2.24, 2.45) is 5.73 Å². The number of ether oxygens (including phenoxy) is 2. The first-order valence-electron chi connectivity index (χ1n) is 26.4. The van der Waals surface area contributed by atoms with Crippen LogP contribution in [0.15, 0.2) is 109 Å². The van der Waals surface area contributed by atoms with E-state index < -0.39 is 32.5 Å². The van der Waals surface area contributed by atoms with E-state index in [1.807, 2.05) is 6.08 Å². The van der Waals surface area contributed by atoms with Crippen LogP contribution in [0.3, 0.4) is 0 Å². The van der Waals surface area contributed by atoms with Crippen LogP contribution in [0.5, 0.6) is 0 Å². The molecule has 0 aromatic heterocycles. The zero-order valence-electron chi connectivity index (χ0n) is 42.3. The zero-order valence-corrected chi connectivity index (χ0v) is 43.2. The molecule has 0 spiro atoms. The molecule has 0 aliphatic carbocycles. The number of allylic oxidation sites excluding steroid dienone is 18. The summed E-state index contributed by atoms with van der Waals surface area (Å²) in [5, 5.41) is 0. The van der Waals surface area contributed by atoms with Crippen molar-refractivity contribution in [1.82, 2.24) is 0 Å². The molecule has 0 aromatic rings. The largest absolute Gasteiger partial charge is 0.472 e. The Bertz CT molecular complexity index is 1460. The first-order valence-corrected chi connectivity index (χ1v) is 27.9. The summed E-state index contributed by atoms with van der Waals surface area (Å²) in [7, 11) is -4.40. The van der Waals surface area contributed by atoms with Crippen molar-refractivity contribution in [3.05, 3.63) is 109 Å². The van der Waals surface area contributed by atoms with Gasteiger partial charge in [0.2, 0.25) is 0 Å². The molecule has 0 fully saturated rings. The third-order valence-electron chi connectivity index (χ3n) is 10.7. The minimum Gasteiger partial charge on any atom is -0.462 e. The molecular formula is C57H96NO8P. The van der Waals surface area contributed by atoms with E-state index in [4.69, 9.17) is 24.3 Å². The Hall–Kier alpha value is -3.33. The highest BCUT2D eigenvalue weighted by molar-refractivity contribution is 7.47. The Balaban J connectivity index is 4.03. The number of hydrogen-bond donors (Lipinski definition) is 2. The quantitative estimate of drug-likeness (QED) is 0.0264. The molecule has 0 bridgehead atoms. The Morgan fingerprint density at radius 2 is 0.791 bits per heavy atom. The highest BCUT2D eigenvalue weighted by Crippen LogP contribution is 2.43. The molecule has 2 unspecified atom stereocenters. The van der Waals surface area contributed by atoms with Crippen LogP contribution in [-0.2, 0) is 32.7 Å². The second-order valence-corrected chi connectivity index (χ2v) is 18.4. The summed E-state index contributed by atoms with van der Waals surface area (Å²) in [5.41, 5.74) is 5.36. The molecule has 0 aliphatic heterocycles. The van der Waals surface area contributed by atoms with Gasteiger partial charge in [-0.05, 0) is 89.9 Å². The average Bonchev–Trinajstić information content (AvgIpc) is 3.32. The fraction of sp³-hybridized carbons (Fsp3) is 0.649. The van der Waals surface area contributed by atoms with Gasteiger partial charge in [-0.3, -0.25) is 18.6 Å². The summed E-state index contributed by atoms with van der Waals surface area (Å²) in [5.74, 6) is -0.901. The van der Waals surface area contributed by atoms with Crippen LogP contribution < -0.4 is 5.73 Å². The van der Waals surface area contributed by atoms with Gasteiger partial charge in [0.1, 0.15) is 6.61 Å². The van der Waals surface area contributed by atoms with Gasteiger partial charge in [0.25, 0.3) is 0 Å². The van der Waals surface area contributed by atoms with E-state index in [-0.39, 0.29) is 32.6 Å². The summed E-state index contributed by atoms with van der Waals surface area (Å²) >= 11 is 0. The van der Waals surface area contributed by atoms with Crippen molar-refractivity contribution < 1.29 is 37.6 Å². The molecule has 10 heteroatoms. The van der Waals surface area contributed by atoms with Crippen LogP contribution in [-0.4, -0.2) is 49.3 Å². The van der Waals surface area contributed by atoms with Gasteiger partial charge in [0, 0.05) is 19.4 Å². The van der Waals surface area contributed by atoms with Gasteiger partial charge >= 0.3 is 19.8 Å². The smallest absolute Gasteiger partial charge is 0.462 e. The maximum absolute atomic E-state index is 12.6. The zero-order chi connectivity index (χ0) is 48.8. The number of carbonyl (C=O) groups is 2. The molecule has 0 rings (SSSR count). The summed E-state index contributed by atoms with van der Waals surface area (Å²) in [6.07, 6.45) is 70.1. The van der Waals surface area contributed by atoms with E-state index in [9.17, 15) is 19.0 Å². The minimum atomic E-state index is -4.40. The van der Waals surface area contributed by atoms with Gasteiger partial charge in [-0.15, -0.1) is 0 Å². The molecule has 0 saturated carbocycles. The number of unbranched alkanes of at least 4 members (excludes halogenated alkanes) is 17. The molecule has 382 valence electrons. The third-order valence-corrected chi connectivity index (χ3v) is 11.6. The first-order chi connectivity index (χ1) is 32.8. The summed E-state index contributed by atoms with van der Waals surface area (Å²) < 4.78 is 32.9. The molecule has 0 aliphatic rings. The van der Waals surface area contributed by atoms with Crippen molar-refractivity contribution in [2.75, 3.05) is 26.4 Å². The molecule has 0 saturated heterocycles. The van der Waals surface area contributed by atoms with Gasteiger partial charge < -0.3 is 20.1 Å². The van der Waals surface area contributed by atoms with Gasteiger partial charge in [-0.25, -0.2) is 4.57 Å². The van der Waals surface area contributed by atoms with Gasteiger partial charge in [-0.2, -0.15) is 0 Å². The Morgan fingerprint density at radius 1 is 0.448 bits per heavy atom. The van der Waals surface area contributed by atoms with E-state index in [0.717, 1.165) is 77.0 Å². The Kier molecular flexibility index (Phi) is 49.5. The predicted molar refractivity (Wildman–Crippen MR) is 284 cm³/mol. The number of rotatable bonds is 48. The highest BCUT2D eigenvalue weighted by Gasteiger charge is 2.26. The van der Waals surface area contributed by atoms with Crippen LogP contribution >= 0.6 is 7.82 Å². The minimum absolute atomic E-state index is 0.0396. The molecule has 0 aromatic carbocycles. The average molecular weight is 954 g/mol. The molecule has 9 nitrogen and oxygen atoms in total. The molecule has 0 amide bonds. The van der Waals surface area contributed by atoms with Gasteiger partial charge in [0.05, 0.1) is 13.2 Å². The first kappa shape index (κ1) is 63.7. The molecule has 0 radical (unpaired) electrons. The second-order valence-electron chi connectivity index (χ2n) is 17.0. The lowest BCUT2D eigenvalue weighted by Crippen LogP contribution is -2.29. The van der Waals surface area contributed by atoms with Crippen LogP contribution in [0.2, 0.25) is 0 Å². The van der Waals surface area contributed by atoms with E-state index >= 15 is 0 Å². The van der Waals surface area contributed by atoms with Gasteiger partial charge in [0.15, 0.2) is 6.10 Å². The fourth-order valence-electron chi connectivity index (χ4n) is 6.84. The summed E-state index contributed by atoms with van der Waals surface area (Å²) in [4.78, 5) is 35.0. The lowest BCUT2D eigenvalue weighted by Gasteiger charge is -2.19. The van der Waals surface area contributed by atoms with Crippen LogP contribution in [0.25, 0.3) is 0 Å². The van der Waals surface area contributed by atoms with E-state index in [1.165, 1.54) is 89.9 Å². The Labute approximate surface area is 409 Å². The third kappa shape index (κ3) is 51.9. The number of phosphoric ester groups is 1. The predicted octanol–water partition coefficient (Wildman–Crippen LogP) is 16.3. The van der Waals surface area contributed by atoms with Crippen molar-refractivity contribution >= 4 is 19.8 Å². The number of hydrogen-bond acceptors (Lipinski definition) is 8. The number of nitrogens with two attached hydrogens (primary N) is 1. The van der Waals surface area contributed by atoms with Gasteiger partial charge in [-0.1, -0.05) is 213 Å². The van der Waals surface area contributed by atoms with Crippen LogP contribution in [0.1, 0.15) is 206 Å². The van der Waals surface area contributed by atoms with Crippen molar-refractivity contribution in [2.45, 2.75) is 213 Å².